The van der Waals surface area contributed by atoms with Crippen LogP contribution in [0.15, 0.2) is 70.0 Å². The average Bonchev–Trinajstić information content (AvgIpc) is 3.02. The van der Waals surface area contributed by atoms with E-state index in [-0.39, 0.29) is 5.91 Å². The molecule has 0 spiro atoms. The molecule has 2 aromatic carbocycles. The number of benzene rings is 2. The molecule has 1 heterocycles. The highest BCUT2D eigenvalue weighted by Gasteiger charge is 2.07. The number of aromatic nitrogens is 1. The van der Waals surface area contributed by atoms with Gasteiger partial charge in [0.15, 0.2) is 12.2 Å². The minimum atomic E-state index is -0.149. The Balaban J connectivity index is 1.75. The van der Waals surface area contributed by atoms with Crippen molar-refractivity contribution >= 4 is 27.5 Å². The number of nitrogens with one attached hydrogen (secondary N) is 1. The number of amides is 1. The Labute approximate surface area is 130 Å². The molecule has 104 valence electrons. The van der Waals surface area contributed by atoms with Crippen LogP contribution in [0, 0.1) is 0 Å². The third-order valence-electron chi connectivity index (χ3n) is 2.95. The van der Waals surface area contributed by atoms with Gasteiger partial charge in [-0.1, -0.05) is 22.0 Å². The Hall–Kier alpha value is -2.40. The van der Waals surface area contributed by atoms with Crippen LogP contribution in [0.1, 0.15) is 10.4 Å². The van der Waals surface area contributed by atoms with Crippen LogP contribution in [0.25, 0.3) is 11.3 Å². The first kappa shape index (κ1) is 13.6. The van der Waals surface area contributed by atoms with Gasteiger partial charge in [0, 0.05) is 21.3 Å². The van der Waals surface area contributed by atoms with Gasteiger partial charge in [-0.3, -0.25) is 4.79 Å². The monoisotopic (exact) mass is 342 g/mol. The van der Waals surface area contributed by atoms with E-state index >= 15 is 0 Å². The van der Waals surface area contributed by atoms with Crippen molar-refractivity contribution in [2.45, 2.75) is 0 Å². The molecule has 0 aliphatic carbocycles. The molecule has 0 unspecified atom stereocenters. The molecule has 4 nitrogen and oxygen atoms in total. The summed E-state index contributed by atoms with van der Waals surface area (Å²) in [5, 5.41) is 2.85. The number of rotatable bonds is 3. The molecular weight excluding hydrogens is 332 g/mol. The predicted molar refractivity (Wildman–Crippen MR) is 84.0 cm³/mol. The van der Waals surface area contributed by atoms with Crippen molar-refractivity contribution in [2.75, 3.05) is 5.32 Å². The molecular formula is C16H11BrN2O2. The number of halogens is 1. The molecule has 3 rings (SSSR count). The molecule has 0 bridgehead atoms. The quantitative estimate of drug-likeness (QED) is 0.769. The highest BCUT2D eigenvalue weighted by Crippen LogP contribution is 2.21. The Kier molecular flexibility index (Phi) is 3.83. The number of anilines is 1. The smallest absolute Gasteiger partial charge is 0.255 e. The predicted octanol–water partition coefficient (Wildman–Crippen LogP) is 4.36. The second-order valence-corrected chi connectivity index (χ2v) is 5.32. The van der Waals surface area contributed by atoms with Crippen LogP contribution in [0.3, 0.4) is 0 Å². The Morgan fingerprint density at radius 3 is 2.62 bits per heavy atom. The van der Waals surface area contributed by atoms with Crippen LogP contribution in [0.5, 0.6) is 0 Å². The Bertz CT molecular complexity index is 752. The zero-order chi connectivity index (χ0) is 14.7. The zero-order valence-corrected chi connectivity index (χ0v) is 12.5. The maximum atomic E-state index is 12.1. The molecule has 21 heavy (non-hydrogen) atoms. The lowest BCUT2D eigenvalue weighted by Crippen LogP contribution is -2.11. The van der Waals surface area contributed by atoms with Gasteiger partial charge >= 0.3 is 0 Å². The standard InChI is InChI=1S/C16H11BrN2O2/c17-13-3-1-2-12(8-13)16(20)19-14-6-4-11(5-7-14)15-9-18-10-21-15/h1-10H,(H,19,20). The normalized spacial score (nSPS) is 10.3. The minimum Gasteiger partial charge on any atom is -0.444 e. The van der Waals surface area contributed by atoms with E-state index in [9.17, 15) is 4.79 Å². The van der Waals surface area contributed by atoms with Crippen molar-refractivity contribution in [2.24, 2.45) is 0 Å². The maximum absolute atomic E-state index is 12.1. The van der Waals surface area contributed by atoms with Crippen LogP contribution < -0.4 is 5.32 Å². The molecule has 0 saturated heterocycles. The van der Waals surface area contributed by atoms with Gasteiger partial charge in [0.05, 0.1) is 6.20 Å². The summed E-state index contributed by atoms with van der Waals surface area (Å²) in [6.07, 6.45) is 3.04. The van der Waals surface area contributed by atoms with Crippen LogP contribution in [-0.4, -0.2) is 10.9 Å². The third kappa shape index (κ3) is 3.20. The fraction of sp³-hybridized carbons (Fsp3) is 0. The van der Waals surface area contributed by atoms with Gasteiger partial charge in [-0.25, -0.2) is 4.98 Å². The van der Waals surface area contributed by atoms with Crippen LogP contribution in [0.2, 0.25) is 0 Å². The number of nitrogens with zero attached hydrogens (tertiary/aromatic N) is 1. The molecule has 0 radical (unpaired) electrons. The Morgan fingerprint density at radius 1 is 1.14 bits per heavy atom. The van der Waals surface area contributed by atoms with Gasteiger partial charge < -0.3 is 9.73 Å². The second-order valence-electron chi connectivity index (χ2n) is 4.41. The number of oxazole rings is 1. The van der Waals surface area contributed by atoms with Gasteiger partial charge in [-0.2, -0.15) is 0 Å². The lowest BCUT2D eigenvalue weighted by molar-refractivity contribution is 0.102. The summed E-state index contributed by atoms with van der Waals surface area (Å²) in [5.74, 6) is 0.545. The second kappa shape index (κ2) is 5.93. The van der Waals surface area contributed by atoms with Gasteiger partial charge in [-0.15, -0.1) is 0 Å². The van der Waals surface area contributed by atoms with E-state index in [2.05, 4.69) is 26.2 Å². The van der Waals surface area contributed by atoms with Crippen molar-refractivity contribution in [1.82, 2.24) is 4.98 Å². The molecule has 0 atom stereocenters. The molecule has 1 aromatic heterocycles. The van der Waals surface area contributed by atoms with Gasteiger partial charge in [0.1, 0.15) is 0 Å². The van der Waals surface area contributed by atoms with E-state index in [0.29, 0.717) is 11.3 Å². The van der Waals surface area contributed by atoms with Crippen LogP contribution in [0.4, 0.5) is 5.69 Å². The number of hydrogen-bond donors (Lipinski definition) is 1. The molecule has 0 saturated carbocycles. The number of hydrogen-bond acceptors (Lipinski definition) is 3. The Morgan fingerprint density at radius 2 is 1.95 bits per heavy atom. The van der Waals surface area contributed by atoms with E-state index in [1.54, 1.807) is 18.3 Å². The number of carbonyl (C=O) groups is 1. The summed E-state index contributed by atoms with van der Waals surface area (Å²) in [7, 11) is 0. The highest BCUT2D eigenvalue weighted by atomic mass is 79.9. The highest BCUT2D eigenvalue weighted by molar-refractivity contribution is 9.10. The van der Waals surface area contributed by atoms with E-state index in [1.165, 1.54) is 6.39 Å². The summed E-state index contributed by atoms with van der Waals surface area (Å²) >= 11 is 3.35. The topological polar surface area (TPSA) is 55.1 Å². The average molecular weight is 343 g/mol. The fourth-order valence-corrected chi connectivity index (χ4v) is 2.31. The summed E-state index contributed by atoms with van der Waals surface area (Å²) in [6.45, 7) is 0. The first-order chi connectivity index (χ1) is 10.2. The molecule has 1 N–H and O–H groups in total. The van der Waals surface area contributed by atoms with E-state index in [4.69, 9.17) is 4.42 Å². The number of carbonyl (C=O) groups excluding carboxylic acids is 1. The molecule has 0 fully saturated rings. The lowest BCUT2D eigenvalue weighted by Gasteiger charge is -2.06. The van der Waals surface area contributed by atoms with Crippen LogP contribution in [-0.2, 0) is 0 Å². The van der Waals surface area contributed by atoms with Crippen molar-refractivity contribution in [3.63, 3.8) is 0 Å². The largest absolute Gasteiger partial charge is 0.444 e. The van der Waals surface area contributed by atoms with E-state index in [1.807, 2.05) is 36.4 Å². The van der Waals surface area contributed by atoms with Crippen molar-refractivity contribution in [3.05, 3.63) is 71.2 Å². The van der Waals surface area contributed by atoms with Gasteiger partial charge in [-0.05, 0) is 42.5 Å². The molecule has 5 heteroatoms. The first-order valence-corrected chi connectivity index (χ1v) is 7.07. The summed E-state index contributed by atoms with van der Waals surface area (Å²) in [6, 6.07) is 14.6. The molecule has 0 aliphatic rings. The third-order valence-corrected chi connectivity index (χ3v) is 3.44. The zero-order valence-electron chi connectivity index (χ0n) is 10.9. The summed E-state index contributed by atoms with van der Waals surface area (Å²) < 4.78 is 6.09. The molecule has 3 aromatic rings. The van der Waals surface area contributed by atoms with Crippen molar-refractivity contribution in [3.8, 4) is 11.3 Å². The van der Waals surface area contributed by atoms with Gasteiger partial charge in [0.25, 0.3) is 5.91 Å². The van der Waals surface area contributed by atoms with Gasteiger partial charge in [0.2, 0.25) is 0 Å². The summed E-state index contributed by atoms with van der Waals surface area (Å²) in [5.41, 5.74) is 2.24. The summed E-state index contributed by atoms with van der Waals surface area (Å²) in [4.78, 5) is 16.0. The van der Waals surface area contributed by atoms with Crippen LogP contribution >= 0.6 is 15.9 Å². The lowest BCUT2D eigenvalue weighted by atomic mass is 10.1. The minimum absolute atomic E-state index is 0.149. The van der Waals surface area contributed by atoms with Crippen molar-refractivity contribution in [1.29, 1.82) is 0 Å². The van der Waals surface area contributed by atoms with E-state index < -0.39 is 0 Å². The van der Waals surface area contributed by atoms with E-state index in [0.717, 1.165) is 15.7 Å². The van der Waals surface area contributed by atoms with Crippen molar-refractivity contribution < 1.29 is 9.21 Å². The SMILES string of the molecule is O=C(Nc1ccc(-c2cnco2)cc1)c1cccc(Br)c1. The molecule has 0 aliphatic heterocycles. The first-order valence-electron chi connectivity index (χ1n) is 6.28. The fourth-order valence-electron chi connectivity index (χ4n) is 1.91. The maximum Gasteiger partial charge on any atom is 0.255 e. The molecule has 1 amide bonds.